The molecule has 1 fully saturated rings. The zero-order valence-electron chi connectivity index (χ0n) is 15.6. The van der Waals surface area contributed by atoms with E-state index in [1.54, 1.807) is 43.6 Å². The Kier molecular flexibility index (Phi) is 6.21. The highest BCUT2D eigenvalue weighted by Gasteiger charge is 2.37. The number of hydrogen-bond acceptors (Lipinski definition) is 5. The molecule has 1 aliphatic heterocycles. The zero-order valence-corrected chi connectivity index (χ0v) is 15.6. The molecule has 0 bridgehead atoms. The third-order valence-electron chi connectivity index (χ3n) is 4.46. The van der Waals surface area contributed by atoms with Gasteiger partial charge in [-0.15, -0.1) is 0 Å². The highest BCUT2D eigenvalue weighted by molar-refractivity contribution is 6.04. The van der Waals surface area contributed by atoms with Crippen LogP contribution in [-0.4, -0.2) is 40.9 Å². The van der Waals surface area contributed by atoms with Crippen molar-refractivity contribution in [1.82, 2.24) is 20.5 Å². The maximum Gasteiger partial charge on any atom is 0.325 e. The summed E-state index contributed by atoms with van der Waals surface area (Å²) in [5.74, 6) is 0.190. The maximum atomic E-state index is 12.5. The number of nitrogens with zero attached hydrogens (tertiary/aromatic N) is 2. The van der Waals surface area contributed by atoms with Crippen molar-refractivity contribution >= 4 is 17.8 Å². The van der Waals surface area contributed by atoms with Gasteiger partial charge in [0.05, 0.1) is 25.9 Å². The Balaban J connectivity index is 1.48. The number of ether oxygens (including phenoxy) is 1. The molecule has 1 saturated heterocycles. The van der Waals surface area contributed by atoms with E-state index in [2.05, 4.69) is 15.6 Å². The number of pyridine rings is 1. The molecule has 0 unspecified atom stereocenters. The predicted molar refractivity (Wildman–Crippen MR) is 101 cm³/mol. The van der Waals surface area contributed by atoms with Gasteiger partial charge in [-0.25, -0.2) is 4.79 Å². The van der Waals surface area contributed by atoms with Crippen LogP contribution in [0.2, 0.25) is 0 Å². The quantitative estimate of drug-likeness (QED) is 0.676. The fourth-order valence-electron chi connectivity index (χ4n) is 2.89. The van der Waals surface area contributed by atoms with Crippen LogP contribution in [0.15, 0.2) is 48.7 Å². The van der Waals surface area contributed by atoms with Crippen molar-refractivity contribution in [3.05, 3.63) is 59.9 Å². The Morgan fingerprint density at radius 1 is 1.21 bits per heavy atom. The molecule has 0 aliphatic carbocycles. The Morgan fingerprint density at radius 3 is 2.68 bits per heavy atom. The summed E-state index contributed by atoms with van der Waals surface area (Å²) in [5, 5.41) is 5.41. The fourth-order valence-corrected chi connectivity index (χ4v) is 2.89. The molecular formula is C20H22N4O4. The van der Waals surface area contributed by atoms with Gasteiger partial charge in [0.25, 0.3) is 5.91 Å². The second kappa shape index (κ2) is 8.98. The number of carbonyl (C=O) groups is 3. The van der Waals surface area contributed by atoms with Gasteiger partial charge in [0.2, 0.25) is 5.91 Å². The van der Waals surface area contributed by atoms with Crippen molar-refractivity contribution in [3.8, 4) is 5.75 Å². The van der Waals surface area contributed by atoms with Crippen LogP contribution in [0.1, 0.15) is 24.1 Å². The first-order valence-corrected chi connectivity index (χ1v) is 8.98. The highest BCUT2D eigenvalue weighted by atomic mass is 16.5. The number of aromatic nitrogens is 1. The first-order chi connectivity index (χ1) is 13.6. The fraction of sp³-hybridized carbons (Fsp3) is 0.300. The van der Waals surface area contributed by atoms with Crippen LogP contribution < -0.4 is 15.4 Å². The average Bonchev–Trinajstić information content (AvgIpc) is 2.99. The van der Waals surface area contributed by atoms with E-state index in [-0.39, 0.29) is 31.2 Å². The topological polar surface area (TPSA) is 101 Å². The summed E-state index contributed by atoms with van der Waals surface area (Å²) < 4.78 is 5.10. The molecule has 1 aromatic carbocycles. The van der Waals surface area contributed by atoms with E-state index >= 15 is 0 Å². The van der Waals surface area contributed by atoms with Gasteiger partial charge in [0.15, 0.2) is 0 Å². The van der Waals surface area contributed by atoms with E-state index in [1.165, 1.54) is 0 Å². The van der Waals surface area contributed by atoms with E-state index in [0.717, 1.165) is 16.2 Å². The molecular weight excluding hydrogens is 360 g/mol. The molecule has 8 nitrogen and oxygen atoms in total. The summed E-state index contributed by atoms with van der Waals surface area (Å²) in [6.07, 6.45) is 2.04. The molecule has 0 saturated carbocycles. The lowest BCUT2D eigenvalue weighted by molar-refractivity contribution is -0.128. The van der Waals surface area contributed by atoms with Crippen LogP contribution in [-0.2, 0) is 22.7 Å². The summed E-state index contributed by atoms with van der Waals surface area (Å²) in [5.41, 5.74) is 1.57. The minimum absolute atomic E-state index is 0.139. The van der Waals surface area contributed by atoms with E-state index in [9.17, 15) is 14.4 Å². The van der Waals surface area contributed by atoms with Gasteiger partial charge in [-0.05, 0) is 36.2 Å². The van der Waals surface area contributed by atoms with E-state index in [1.807, 2.05) is 12.1 Å². The second-order valence-electron chi connectivity index (χ2n) is 6.41. The molecule has 0 spiro atoms. The number of imide groups is 1. The van der Waals surface area contributed by atoms with Gasteiger partial charge in [0, 0.05) is 12.6 Å². The summed E-state index contributed by atoms with van der Waals surface area (Å²) >= 11 is 0. The van der Waals surface area contributed by atoms with Crippen molar-refractivity contribution in [2.75, 3.05) is 7.11 Å². The number of carbonyl (C=O) groups excluding carboxylic acids is 3. The van der Waals surface area contributed by atoms with Gasteiger partial charge in [-0.2, -0.15) is 0 Å². The van der Waals surface area contributed by atoms with Crippen molar-refractivity contribution in [3.63, 3.8) is 0 Å². The van der Waals surface area contributed by atoms with Crippen LogP contribution >= 0.6 is 0 Å². The Labute approximate surface area is 162 Å². The molecule has 3 rings (SSSR count). The minimum Gasteiger partial charge on any atom is -0.497 e. The van der Waals surface area contributed by atoms with Crippen molar-refractivity contribution < 1.29 is 19.1 Å². The van der Waals surface area contributed by atoms with Gasteiger partial charge in [-0.1, -0.05) is 18.2 Å². The van der Waals surface area contributed by atoms with Gasteiger partial charge < -0.3 is 15.4 Å². The van der Waals surface area contributed by atoms with Crippen LogP contribution in [0, 0.1) is 0 Å². The lowest BCUT2D eigenvalue weighted by Crippen LogP contribution is -2.32. The van der Waals surface area contributed by atoms with Gasteiger partial charge in [0.1, 0.15) is 11.8 Å². The molecule has 1 aromatic heterocycles. The van der Waals surface area contributed by atoms with Crippen molar-refractivity contribution in [2.24, 2.45) is 0 Å². The monoisotopic (exact) mass is 382 g/mol. The summed E-state index contributed by atoms with van der Waals surface area (Å²) in [7, 11) is 1.57. The number of methoxy groups -OCH3 is 1. The van der Waals surface area contributed by atoms with E-state index in [0.29, 0.717) is 12.3 Å². The molecule has 28 heavy (non-hydrogen) atoms. The standard InChI is InChI=1S/C20H22N4O4/c1-28-16-7-5-14(6-8-16)13-24-19(26)17(23-20(24)27)9-10-18(25)22-12-15-4-2-3-11-21-15/h2-8,11,17H,9-10,12-13H2,1H3,(H,22,25)(H,23,27)/t17-/m0/s1. The molecule has 8 heteroatoms. The SMILES string of the molecule is COc1ccc(CN2C(=O)N[C@@H](CCC(=O)NCc3ccccn3)C2=O)cc1. The maximum absolute atomic E-state index is 12.5. The number of rotatable bonds is 8. The Hall–Kier alpha value is -3.42. The first-order valence-electron chi connectivity index (χ1n) is 8.98. The summed E-state index contributed by atoms with van der Waals surface area (Å²) in [4.78, 5) is 42.0. The van der Waals surface area contributed by atoms with Crippen LogP contribution in [0.4, 0.5) is 4.79 Å². The summed E-state index contributed by atoms with van der Waals surface area (Å²) in [6, 6.07) is 11.5. The zero-order chi connectivity index (χ0) is 19.9. The van der Waals surface area contributed by atoms with Crippen molar-refractivity contribution in [1.29, 1.82) is 0 Å². The van der Waals surface area contributed by atoms with Crippen LogP contribution in [0.3, 0.4) is 0 Å². The number of nitrogens with one attached hydrogen (secondary N) is 2. The third-order valence-corrected chi connectivity index (χ3v) is 4.46. The van der Waals surface area contributed by atoms with E-state index < -0.39 is 12.1 Å². The second-order valence-corrected chi connectivity index (χ2v) is 6.41. The molecule has 146 valence electrons. The summed E-state index contributed by atoms with van der Waals surface area (Å²) in [6.45, 7) is 0.505. The Bertz CT molecular complexity index is 839. The molecule has 1 atom stereocenters. The minimum atomic E-state index is -0.689. The molecule has 1 aliphatic rings. The number of urea groups is 1. The van der Waals surface area contributed by atoms with Crippen LogP contribution in [0.25, 0.3) is 0 Å². The number of benzene rings is 1. The molecule has 2 N–H and O–H groups in total. The first kappa shape index (κ1) is 19.3. The van der Waals surface area contributed by atoms with E-state index in [4.69, 9.17) is 4.74 Å². The van der Waals surface area contributed by atoms with Crippen LogP contribution in [0.5, 0.6) is 5.75 Å². The number of amides is 4. The van der Waals surface area contributed by atoms with Gasteiger partial charge in [-0.3, -0.25) is 19.5 Å². The molecule has 2 aromatic rings. The number of hydrogen-bond donors (Lipinski definition) is 2. The average molecular weight is 382 g/mol. The third kappa shape index (κ3) is 4.85. The predicted octanol–water partition coefficient (Wildman–Crippen LogP) is 1.61. The molecule has 4 amide bonds. The Morgan fingerprint density at radius 2 is 2.00 bits per heavy atom. The normalized spacial score (nSPS) is 16.0. The molecule has 0 radical (unpaired) electrons. The highest BCUT2D eigenvalue weighted by Crippen LogP contribution is 2.17. The molecule has 2 heterocycles. The lowest BCUT2D eigenvalue weighted by atomic mass is 10.1. The lowest BCUT2D eigenvalue weighted by Gasteiger charge is -2.13. The smallest absolute Gasteiger partial charge is 0.325 e. The largest absolute Gasteiger partial charge is 0.497 e. The van der Waals surface area contributed by atoms with Gasteiger partial charge >= 0.3 is 6.03 Å². The van der Waals surface area contributed by atoms with Crippen molar-refractivity contribution in [2.45, 2.75) is 32.0 Å².